The molecule has 0 atom stereocenters. The molecule has 0 aliphatic rings. The lowest BCUT2D eigenvalue weighted by Crippen LogP contribution is -2.13. The smallest absolute Gasteiger partial charge is 0.255 e. The molecule has 0 N–H and O–H groups in total. The zero-order valence-electron chi connectivity index (χ0n) is 12.2. The van der Waals surface area contributed by atoms with Crippen LogP contribution in [-0.2, 0) is 18.5 Å². The van der Waals surface area contributed by atoms with Crippen LogP contribution in [0.15, 0.2) is 30.5 Å². The molecule has 0 bridgehead atoms. The molecule has 0 saturated carbocycles. The van der Waals surface area contributed by atoms with Crippen molar-refractivity contribution in [2.24, 2.45) is 0 Å². The van der Waals surface area contributed by atoms with Crippen LogP contribution in [0.3, 0.4) is 0 Å². The highest BCUT2D eigenvalue weighted by atomic mass is 19.4. The van der Waals surface area contributed by atoms with E-state index in [2.05, 4.69) is 4.98 Å². The second kappa shape index (κ2) is 5.92. The molecule has 1 nitrogen and oxygen atoms in total. The third-order valence-electron chi connectivity index (χ3n) is 3.31. The van der Waals surface area contributed by atoms with Crippen LogP contribution < -0.4 is 0 Å². The molecule has 1 aromatic heterocycles. The molecule has 1 heterocycles. The fourth-order valence-corrected chi connectivity index (χ4v) is 2.17. The Balaban J connectivity index is 2.67. The summed E-state index contributed by atoms with van der Waals surface area (Å²) in [6, 6.07) is 1.46. The normalized spacial score (nSPS) is 13.2. The number of hydrogen-bond acceptors (Lipinski definition) is 1. The van der Waals surface area contributed by atoms with Gasteiger partial charge in [-0.3, -0.25) is 4.98 Å². The Labute approximate surface area is 135 Å². The van der Waals surface area contributed by atoms with E-state index in [1.165, 1.54) is 0 Å². The lowest BCUT2D eigenvalue weighted by Gasteiger charge is -2.17. The molecule has 0 radical (unpaired) electrons. The van der Waals surface area contributed by atoms with Crippen molar-refractivity contribution >= 4 is 0 Å². The number of halogens is 9. The number of aromatic nitrogens is 1. The van der Waals surface area contributed by atoms with Gasteiger partial charge >= 0.3 is 18.5 Å². The summed E-state index contributed by atoms with van der Waals surface area (Å²) in [4.78, 5) is 3.38. The maximum absolute atomic E-state index is 13.1. The number of aryl methyl sites for hydroxylation is 1. The second-order valence-corrected chi connectivity index (χ2v) is 5.14. The van der Waals surface area contributed by atoms with Gasteiger partial charge < -0.3 is 0 Å². The summed E-state index contributed by atoms with van der Waals surface area (Å²) in [5.41, 5.74) is -5.78. The summed E-state index contributed by atoms with van der Waals surface area (Å²) in [6.45, 7) is 1.09. The summed E-state index contributed by atoms with van der Waals surface area (Å²) in [6.07, 6.45) is -14.6. The Morgan fingerprint density at radius 3 is 1.72 bits per heavy atom. The SMILES string of the molecule is Cc1cc(C(F)(F)F)cnc1-c1ccc(C(F)(F)F)cc1C(F)(F)F. The van der Waals surface area contributed by atoms with Gasteiger partial charge in [-0.25, -0.2) is 0 Å². The largest absolute Gasteiger partial charge is 0.417 e. The molecule has 0 saturated heterocycles. The van der Waals surface area contributed by atoms with Crippen molar-refractivity contribution in [2.75, 3.05) is 0 Å². The molecule has 2 aromatic rings. The van der Waals surface area contributed by atoms with Crippen LogP contribution in [-0.4, -0.2) is 4.98 Å². The second-order valence-electron chi connectivity index (χ2n) is 5.14. The number of pyridine rings is 1. The van der Waals surface area contributed by atoms with Crippen LogP contribution in [0.5, 0.6) is 0 Å². The van der Waals surface area contributed by atoms with Gasteiger partial charge in [0.1, 0.15) is 0 Å². The molecule has 0 amide bonds. The molecule has 0 fully saturated rings. The lowest BCUT2D eigenvalue weighted by atomic mass is 9.97. The summed E-state index contributed by atoms with van der Waals surface area (Å²) in [5.74, 6) is 0. The van der Waals surface area contributed by atoms with Crippen LogP contribution in [0, 0.1) is 6.92 Å². The standard InChI is InChI=1S/C15H8F9N/c1-7-4-9(14(19,20)21)6-25-12(7)10-3-2-8(13(16,17)18)5-11(10)15(22,23)24/h2-6H,1H3. The highest BCUT2D eigenvalue weighted by Gasteiger charge is 2.39. The van der Waals surface area contributed by atoms with Gasteiger partial charge in [-0.15, -0.1) is 0 Å². The van der Waals surface area contributed by atoms with Gasteiger partial charge in [0.15, 0.2) is 0 Å². The van der Waals surface area contributed by atoms with Crippen molar-refractivity contribution in [1.82, 2.24) is 4.98 Å². The fourth-order valence-electron chi connectivity index (χ4n) is 2.17. The molecular weight excluding hydrogens is 365 g/mol. The van der Waals surface area contributed by atoms with E-state index in [-0.39, 0.29) is 11.6 Å². The predicted molar refractivity (Wildman–Crippen MR) is 69.4 cm³/mol. The Bertz CT molecular complexity index is 785. The van der Waals surface area contributed by atoms with Crippen molar-refractivity contribution in [3.8, 4) is 11.3 Å². The predicted octanol–water partition coefficient (Wildman–Crippen LogP) is 6.11. The summed E-state index contributed by atoms with van der Waals surface area (Å²) < 4.78 is 115. The number of benzene rings is 1. The van der Waals surface area contributed by atoms with E-state index < -0.39 is 46.5 Å². The van der Waals surface area contributed by atoms with E-state index in [4.69, 9.17) is 0 Å². The molecule has 10 heteroatoms. The Morgan fingerprint density at radius 1 is 0.720 bits per heavy atom. The molecule has 0 aliphatic carbocycles. The van der Waals surface area contributed by atoms with Gasteiger partial charge in [-0.2, -0.15) is 39.5 Å². The van der Waals surface area contributed by atoms with E-state index in [0.717, 1.165) is 6.92 Å². The molecule has 0 unspecified atom stereocenters. The van der Waals surface area contributed by atoms with Crippen LogP contribution in [0.1, 0.15) is 22.3 Å². The highest BCUT2D eigenvalue weighted by Crippen LogP contribution is 2.41. The summed E-state index contributed by atoms with van der Waals surface area (Å²) in [5, 5.41) is 0. The maximum Gasteiger partial charge on any atom is 0.417 e. The molecular formula is C15H8F9N. The topological polar surface area (TPSA) is 12.9 Å². The van der Waals surface area contributed by atoms with Crippen molar-refractivity contribution in [1.29, 1.82) is 0 Å². The first-order valence-electron chi connectivity index (χ1n) is 6.54. The Kier molecular flexibility index (Phi) is 4.52. The average molecular weight is 373 g/mol. The van der Waals surface area contributed by atoms with Crippen molar-refractivity contribution < 1.29 is 39.5 Å². The molecule has 136 valence electrons. The number of rotatable bonds is 1. The number of hydrogen-bond donors (Lipinski definition) is 0. The van der Waals surface area contributed by atoms with Crippen molar-refractivity contribution in [2.45, 2.75) is 25.5 Å². The first kappa shape index (κ1) is 19.1. The minimum Gasteiger partial charge on any atom is -0.255 e. The fraction of sp³-hybridized carbons (Fsp3) is 0.267. The van der Waals surface area contributed by atoms with Crippen LogP contribution in [0.2, 0.25) is 0 Å². The molecule has 0 spiro atoms. The molecule has 25 heavy (non-hydrogen) atoms. The summed E-state index contributed by atoms with van der Waals surface area (Å²) in [7, 11) is 0. The first-order chi connectivity index (χ1) is 11.2. The van der Waals surface area contributed by atoms with Gasteiger partial charge in [0, 0.05) is 11.8 Å². The third-order valence-corrected chi connectivity index (χ3v) is 3.31. The number of nitrogens with zero attached hydrogens (tertiary/aromatic N) is 1. The van der Waals surface area contributed by atoms with E-state index in [1.54, 1.807) is 0 Å². The van der Waals surface area contributed by atoms with Crippen molar-refractivity contribution in [3.05, 3.63) is 52.7 Å². The zero-order chi connectivity index (χ0) is 19.2. The number of alkyl halides is 9. The Hall–Kier alpha value is -2.26. The summed E-state index contributed by atoms with van der Waals surface area (Å²) >= 11 is 0. The Morgan fingerprint density at radius 2 is 1.28 bits per heavy atom. The molecule has 1 aromatic carbocycles. The van der Waals surface area contributed by atoms with E-state index in [9.17, 15) is 39.5 Å². The van der Waals surface area contributed by atoms with Gasteiger partial charge in [-0.05, 0) is 30.7 Å². The van der Waals surface area contributed by atoms with Gasteiger partial charge in [0.2, 0.25) is 0 Å². The van der Waals surface area contributed by atoms with Gasteiger partial charge in [0.25, 0.3) is 0 Å². The minimum atomic E-state index is -5.15. The van der Waals surface area contributed by atoms with E-state index in [1.807, 2.05) is 0 Å². The van der Waals surface area contributed by atoms with Crippen LogP contribution in [0.4, 0.5) is 39.5 Å². The lowest BCUT2D eigenvalue weighted by molar-refractivity contribution is -0.143. The van der Waals surface area contributed by atoms with E-state index >= 15 is 0 Å². The molecule has 0 aliphatic heterocycles. The van der Waals surface area contributed by atoms with Crippen molar-refractivity contribution in [3.63, 3.8) is 0 Å². The zero-order valence-corrected chi connectivity index (χ0v) is 12.2. The maximum atomic E-state index is 13.1. The van der Waals surface area contributed by atoms with Crippen LogP contribution in [0.25, 0.3) is 11.3 Å². The van der Waals surface area contributed by atoms with Crippen LogP contribution >= 0.6 is 0 Å². The highest BCUT2D eigenvalue weighted by molar-refractivity contribution is 5.68. The third kappa shape index (κ3) is 4.05. The average Bonchev–Trinajstić information content (AvgIpc) is 2.43. The monoisotopic (exact) mass is 373 g/mol. The van der Waals surface area contributed by atoms with Gasteiger partial charge in [-0.1, -0.05) is 6.07 Å². The molecule has 2 rings (SSSR count). The van der Waals surface area contributed by atoms with E-state index in [0.29, 0.717) is 24.4 Å². The minimum absolute atomic E-state index is 0.0892. The first-order valence-corrected chi connectivity index (χ1v) is 6.54. The van der Waals surface area contributed by atoms with Gasteiger partial charge in [0.05, 0.1) is 22.4 Å². The quantitative estimate of drug-likeness (QED) is 0.550.